The highest BCUT2D eigenvalue weighted by Gasteiger charge is 2.14. The van der Waals surface area contributed by atoms with Crippen molar-refractivity contribution in [2.24, 2.45) is 5.92 Å². The number of hydrogen-bond acceptors (Lipinski definition) is 3. The van der Waals surface area contributed by atoms with Crippen molar-refractivity contribution in [1.82, 2.24) is 5.32 Å². The van der Waals surface area contributed by atoms with Gasteiger partial charge in [0.1, 0.15) is 9.84 Å². The minimum atomic E-state index is -2.87. The van der Waals surface area contributed by atoms with E-state index < -0.39 is 9.84 Å². The first kappa shape index (κ1) is 16.7. The average Bonchev–Trinajstić information content (AvgIpc) is 2.39. The van der Waals surface area contributed by atoms with Crippen molar-refractivity contribution in [2.75, 3.05) is 25.1 Å². The van der Waals surface area contributed by atoms with Crippen molar-refractivity contribution < 1.29 is 8.42 Å². The Morgan fingerprint density at radius 1 is 1.26 bits per heavy atom. The third kappa shape index (κ3) is 6.54. The van der Waals surface area contributed by atoms with Crippen LogP contribution in [-0.4, -0.2) is 33.5 Å². The molecule has 0 amide bonds. The smallest absolute Gasteiger partial charge is 0.150 e. The molecule has 0 saturated heterocycles. The maximum Gasteiger partial charge on any atom is 0.150 e. The largest absolute Gasteiger partial charge is 0.319 e. The van der Waals surface area contributed by atoms with Crippen LogP contribution in [0.4, 0.5) is 0 Å². The van der Waals surface area contributed by atoms with Gasteiger partial charge in [0.05, 0.1) is 5.75 Å². The Bertz CT molecular complexity index is 471. The molecule has 1 aromatic carbocycles. The van der Waals surface area contributed by atoms with Gasteiger partial charge in [-0.3, -0.25) is 0 Å². The Kier molecular flexibility index (Phi) is 7.04. The lowest BCUT2D eigenvalue weighted by atomic mass is 9.97. The van der Waals surface area contributed by atoms with Crippen LogP contribution in [0.15, 0.2) is 28.7 Å². The Labute approximate surface area is 124 Å². The molecule has 1 N–H and O–H groups in total. The first-order valence-electron chi connectivity index (χ1n) is 6.56. The number of hydrogen-bond donors (Lipinski definition) is 1. The average molecular weight is 348 g/mol. The summed E-state index contributed by atoms with van der Waals surface area (Å²) in [4.78, 5) is 0. The van der Waals surface area contributed by atoms with Crippen LogP contribution in [0.3, 0.4) is 0 Å². The standard InChI is InChI=1S/C14H22BrNO2S/c1-3-19(17,18)9-8-13(11-16-2)10-12-4-6-14(15)7-5-12/h4-7,13,16H,3,8-11H2,1-2H3. The molecule has 19 heavy (non-hydrogen) atoms. The molecule has 5 heteroatoms. The number of halogens is 1. The highest BCUT2D eigenvalue weighted by molar-refractivity contribution is 9.10. The van der Waals surface area contributed by atoms with E-state index in [1.807, 2.05) is 19.2 Å². The lowest BCUT2D eigenvalue weighted by Gasteiger charge is -2.16. The molecule has 0 aliphatic rings. The summed E-state index contributed by atoms with van der Waals surface area (Å²) in [6, 6.07) is 8.21. The molecule has 0 fully saturated rings. The lowest BCUT2D eigenvalue weighted by Crippen LogP contribution is -2.24. The van der Waals surface area contributed by atoms with Crippen molar-refractivity contribution in [3.63, 3.8) is 0 Å². The van der Waals surface area contributed by atoms with Crippen LogP contribution in [0.25, 0.3) is 0 Å². The molecule has 1 unspecified atom stereocenters. The molecule has 0 aliphatic heterocycles. The van der Waals surface area contributed by atoms with Crippen molar-refractivity contribution in [3.8, 4) is 0 Å². The summed E-state index contributed by atoms with van der Waals surface area (Å²) >= 11 is 3.42. The van der Waals surface area contributed by atoms with Crippen molar-refractivity contribution in [3.05, 3.63) is 34.3 Å². The van der Waals surface area contributed by atoms with E-state index in [2.05, 4.69) is 33.4 Å². The van der Waals surface area contributed by atoms with Crippen molar-refractivity contribution in [1.29, 1.82) is 0 Å². The molecule has 0 radical (unpaired) electrons. The van der Waals surface area contributed by atoms with Crippen LogP contribution >= 0.6 is 15.9 Å². The van der Waals surface area contributed by atoms with Crippen LogP contribution in [0, 0.1) is 5.92 Å². The SMILES string of the molecule is CCS(=O)(=O)CCC(CNC)Cc1ccc(Br)cc1. The zero-order valence-corrected chi connectivity index (χ0v) is 13.9. The van der Waals surface area contributed by atoms with Crippen LogP contribution in [0.2, 0.25) is 0 Å². The molecule has 0 saturated carbocycles. The predicted molar refractivity (Wildman–Crippen MR) is 84.2 cm³/mol. The molecular formula is C14H22BrNO2S. The number of benzene rings is 1. The van der Waals surface area contributed by atoms with Gasteiger partial charge in [-0.05, 0) is 50.0 Å². The summed E-state index contributed by atoms with van der Waals surface area (Å²) in [6.45, 7) is 2.55. The molecule has 0 bridgehead atoms. The Morgan fingerprint density at radius 3 is 2.42 bits per heavy atom. The summed E-state index contributed by atoms with van der Waals surface area (Å²) in [5.74, 6) is 0.872. The van der Waals surface area contributed by atoms with E-state index >= 15 is 0 Å². The van der Waals surface area contributed by atoms with Crippen LogP contribution < -0.4 is 5.32 Å². The van der Waals surface area contributed by atoms with Gasteiger partial charge < -0.3 is 5.32 Å². The second kappa shape index (κ2) is 8.02. The quantitative estimate of drug-likeness (QED) is 0.786. The molecule has 0 aromatic heterocycles. The summed E-state index contributed by atoms with van der Waals surface area (Å²) in [5.41, 5.74) is 1.25. The molecule has 1 atom stereocenters. The Hall–Kier alpha value is -0.390. The fraction of sp³-hybridized carbons (Fsp3) is 0.571. The first-order chi connectivity index (χ1) is 8.96. The van der Waals surface area contributed by atoms with Gasteiger partial charge in [0.15, 0.2) is 0 Å². The molecule has 0 heterocycles. The normalized spacial score (nSPS) is 13.4. The fourth-order valence-corrected chi connectivity index (χ4v) is 3.25. The number of sulfone groups is 1. The molecule has 3 nitrogen and oxygen atoms in total. The molecule has 1 rings (SSSR count). The topological polar surface area (TPSA) is 46.2 Å². The van der Waals surface area contributed by atoms with Crippen LogP contribution in [0.5, 0.6) is 0 Å². The van der Waals surface area contributed by atoms with E-state index in [1.54, 1.807) is 6.92 Å². The second-order valence-electron chi connectivity index (χ2n) is 4.78. The van der Waals surface area contributed by atoms with Crippen LogP contribution in [0.1, 0.15) is 18.9 Å². The second-order valence-corrected chi connectivity index (χ2v) is 8.17. The van der Waals surface area contributed by atoms with Crippen LogP contribution in [-0.2, 0) is 16.3 Å². The summed E-state index contributed by atoms with van der Waals surface area (Å²) in [6.07, 6.45) is 1.63. The van der Waals surface area contributed by atoms with E-state index in [1.165, 1.54) is 5.56 Å². The van der Waals surface area contributed by atoms with Gasteiger partial charge in [-0.15, -0.1) is 0 Å². The number of rotatable bonds is 8. The Morgan fingerprint density at radius 2 is 1.89 bits per heavy atom. The third-order valence-electron chi connectivity index (χ3n) is 3.21. The van der Waals surface area contributed by atoms with E-state index in [4.69, 9.17) is 0 Å². The first-order valence-corrected chi connectivity index (χ1v) is 9.17. The van der Waals surface area contributed by atoms with Gasteiger partial charge in [-0.1, -0.05) is 35.0 Å². The predicted octanol–water partition coefficient (Wildman–Crippen LogP) is 2.65. The van der Waals surface area contributed by atoms with Crippen molar-refractivity contribution >= 4 is 25.8 Å². The molecular weight excluding hydrogens is 326 g/mol. The fourth-order valence-electron chi connectivity index (χ4n) is 2.01. The molecule has 0 aliphatic carbocycles. The summed E-state index contributed by atoms with van der Waals surface area (Å²) in [7, 11) is -0.961. The highest BCUT2D eigenvalue weighted by Crippen LogP contribution is 2.16. The minimum absolute atomic E-state index is 0.234. The molecule has 0 spiro atoms. The monoisotopic (exact) mass is 347 g/mol. The van der Waals surface area contributed by atoms with Crippen molar-refractivity contribution in [2.45, 2.75) is 19.8 Å². The highest BCUT2D eigenvalue weighted by atomic mass is 79.9. The molecule has 108 valence electrons. The van der Waals surface area contributed by atoms with Gasteiger partial charge >= 0.3 is 0 Å². The third-order valence-corrected chi connectivity index (χ3v) is 5.47. The van der Waals surface area contributed by atoms with E-state index in [-0.39, 0.29) is 11.5 Å². The summed E-state index contributed by atoms with van der Waals surface area (Å²) < 4.78 is 24.2. The maximum absolute atomic E-state index is 11.6. The van der Waals surface area contributed by atoms with E-state index in [0.717, 1.165) is 17.4 Å². The number of nitrogens with one attached hydrogen (secondary N) is 1. The molecule has 1 aromatic rings. The maximum atomic E-state index is 11.6. The van der Waals surface area contributed by atoms with Gasteiger partial charge in [-0.2, -0.15) is 0 Å². The van der Waals surface area contributed by atoms with Gasteiger partial charge in [-0.25, -0.2) is 8.42 Å². The zero-order valence-electron chi connectivity index (χ0n) is 11.5. The Balaban J connectivity index is 2.60. The van der Waals surface area contributed by atoms with Gasteiger partial charge in [0.25, 0.3) is 0 Å². The lowest BCUT2D eigenvalue weighted by molar-refractivity contribution is 0.478. The summed E-state index contributed by atoms with van der Waals surface area (Å²) in [5, 5.41) is 3.15. The van der Waals surface area contributed by atoms with Gasteiger partial charge in [0, 0.05) is 10.2 Å². The van der Waals surface area contributed by atoms with E-state index in [0.29, 0.717) is 12.3 Å². The van der Waals surface area contributed by atoms with E-state index in [9.17, 15) is 8.42 Å². The zero-order chi connectivity index (χ0) is 14.3. The van der Waals surface area contributed by atoms with Gasteiger partial charge in [0.2, 0.25) is 0 Å². The minimum Gasteiger partial charge on any atom is -0.319 e.